The summed E-state index contributed by atoms with van der Waals surface area (Å²) in [6.45, 7) is 0. The topological polar surface area (TPSA) is 34.9 Å². The molecule has 0 radical (unpaired) electrons. The first-order chi connectivity index (χ1) is 9.20. The third kappa shape index (κ3) is 1.90. The quantitative estimate of drug-likeness (QED) is 0.669. The Morgan fingerprint density at radius 3 is 2.79 bits per heavy atom. The summed E-state index contributed by atoms with van der Waals surface area (Å²) < 4.78 is 15.2. The standard InChI is InChI=1S/C14H8ClFN2O/c15-11-6-14-9(5-10(11)8-19)7-17-18(14)13-4-2-1-3-12(13)16/h1-8H. The number of benzene rings is 2. The molecule has 0 N–H and O–H groups in total. The van der Waals surface area contributed by atoms with Crippen molar-refractivity contribution in [3.8, 4) is 5.69 Å². The van der Waals surface area contributed by atoms with Gasteiger partial charge in [-0.15, -0.1) is 0 Å². The molecular weight excluding hydrogens is 267 g/mol. The van der Waals surface area contributed by atoms with Gasteiger partial charge in [0.05, 0.1) is 16.7 Å². The molecule has 0 unspecified atom stereocenters. The highest BCUT2D eigenvalue weighted by Gasteiger charge is 2.11. The molecule has 3 nitrogen and oxygen atoms in total. The maximum Gasteiger partial charge on any atom is 0.151 e. The monoisotopic (exact) mass is 274 g/mol. The lowest BCUT2D eigenvalue weighted by atomic mass is 10.2. The van der Waals surface area contributed by atoms with Gasteiger partial charge in [-0.25, -0.2) is 9.07 Å². The number of nitrogens with zero attached hydrogens (tertiary/aromatic N) is 2. The molecular formula is C14H8ClFN2O. The molecule has 0 fully saturated rings. The van der Waals surface area contributed by atoms with Crippen LogP contribution in [0.5, 0.6) is 0 Å². The Kier molecular flexibility index (Phi) is 2.80. The second-order valence-corrected chi connectivity index (χ2v) is 4.47. The van der Waals surface area contributed by atoms with E-state index in [2.05, 4.69) is 5.10 Å². The maximum absolute atomic E-state index is 13.8. The number of halogens is 2. The number of carbonyl (C=O) groups excluding carboxylic acids is 1. The zero-order chi connectivity index (χ0) is 13.4. The Hall–Kier alpha value is -2.20. The van der Waals surface area contributed by atoms with E-state index in [1.54, 1.807) is 36.5 Å². The van der Waals surface area contributed by atoms with E-state index in [9.17, 15) is 9.18 Å². The molecule has 3 rings (SSSR count). The smallest absolute Gasteiger partial charge is 0.151 e. The Labute approximate surface area is 113 Å². The van der Waals surface area contributed by atoms with Crippen molar-refractivity contribution >= 4 is 28.8 Å². The summed E-state index contributed by atoms with van der Waals surface area (Å²) in [5, 5.41) is 5.20. The second-order valence-electron chi connectivity index (χ2n) is 4.06. The zero-order valence-electron chi connectivity index (χ0n) is 9.68. The number of rotatable bonds is 2. The van der Waals surface area contributed by atoms with Crippen LogP contribution >= 0.6 is 11.6 Å². The highest BCUT2D eigenvalue weighted by atomic mass is 35.5. The lowest BCUT2D eigenvalue weighted by Gasteiger charge is -2.05. The van der Waals surface area contributed by atoms with Gasteiger partial charge in [0.15, 0.2) is 6.29 Å². The third-order valence-corrected chi connectivity index (χ3v) is 3.22. The van der Waals surface area contributed by atoms with Gasteiger partial charge in [-0.05, 0) is 24.3 Å². The molecule has 0 bridgehead atoms. The number of fused-ring (bicyclic) bond motifs is 1. The number of aldehydes is 1. The van der Waals surface area contributed by atoms with E-state index >= 15 is 0 Å². The first-order valence-electron chi connectivity index (χ1n) is 5.58. The van der Waals surface area contributed by atoms with Gasteiger partial charge < -0.3 is 0 Å². The average Bonchev–Trinajstić information content (AvgIpc) is 2.81. The first-order valence-corrected chi connectivity index (χ1v) is 5.96. The van der Waals surface area contributed by atoms with Crippen LogP contribution < -0.4 is 0 Å². The van der Waals surface area contributed by atoms with Gasteiger partial charge in [-0.2, -0.15) is 5.10 Å². The lowest BCUT2D eigenvalue weighted by molar-refractivity contribution is 0.112. The number of para-hydroxylation sites is 1. The fraction of sp³-hybridized carbons (Fsp3) is 0. The molecule has 1 heterocycles. The fourth-order valence-corrected chi connectivity index (χ4v) is 2.17. The van der Waals surface area contributed by atoms with Crippen molar-refractivity contribution < 1.29 is 9.18 Å². The normalized spacial score (nSPS) is 10.8. The van der Waals surface area contributed by atoms with E-state index in [0.717, 1.165) is 5.39 Å². The van der Waals surface area contributed by atoms with Crippen LogP contribution in [-0.2, 0) is 0 Å². The van der Waals surface area contributed by atoms with Crippen LogP contribution in [0.25, 0.3) is 16.6 Å². The second kappa shape index (κ2) is 4.48. The maximum atomic E-state index is 13.8. The molecule has 0 saturated heterocycles. The number of hydrogen-bond donors (Lipinski definition) is 0. The molecule has 0 amide bonds. The van der Waals surface area contributed by atoms with E-state index in [1.807, 2.05) is 0 Å². The minimum Gasteiger partial charge on any atom is -0.298 e. The van der Waals surface area contributed by atoms with Gasteiger partial charge in [0.25, 0.3) is 0 Å². The summed E-state index contributed by atoms with van der Waals surface area (Å²) >= 11 is 5.99. The van der Waals surface area contributed by atoms with E-state index < -0.39 is 0 Å². The van der Waals surface area contributed by atoms with Gasteiger partial charge in [-0.3, -0.25) is 4.79 Å². The van der Waals surface area contributed by atoms with Gasteiger partial charge in [-0.1, -0.05) is 23.7 Å². The SMILES string of the molecule is O=Cc1cc2cnn(-c3ccccc3F)c2cc1Cl. The fourth-order valence-electron chi connectivity index (χ4n) is 1.97. The molecule has 0 aliphatic heterocycles. The summed E-state index contributed by atoms with van der Waals surface area (Å²) in [6.07, 6.45) is 2.26. The highest BCUT2D eigenvalue weighted by molar-refractivity contribution is 6.33. The van der Waals surface area contributed by atoms with E-state index in [-0.39, 0.29) is 5.82 Å². The lowest BCUT2D eigenvalue weighted by Crippen LogP contribution is -1.99. The molecule has 0 aliphatic rings. The summed E-state index contributed by atoms with van der Waals surface area (Å²) in [7, 11) is 0. The van der Waals surface area contributed by atoms with Crippen molar-refractivity contribution in [2.75, 3.05) is 0 Å². The summed E-state index contributed by atoms with van der Waals surface area (Å²) in [4.78, 5) is 10.8. The molecule has 0 aliphatic carbocycles. The van der Waals surface area contributed by atoms with Crippen molar-refractivity contribution in [3.05, 3.63) is 59.0 Å². The van der Waals surface area contributed by atoms with Crippen LogP contribution in [0, 0.1) is 5.82 Å². The van der Waals surface area contributed by atoms with Gasteiger partial charge >= 0.3 is 0 Å². The number of hydrogen-bond acceptors (Lipinski definition) is 2. The van der Waals surface area contributed by atoms with Crippen LogP contribution in [0.4, 0.5) is 4.39 Å². The molecule has 0 atom stereocenters. The van der Waals surface area contributed by atoms with Crippen LogP contribution in [0.3, 0.4) is 0 Å². The van der Waals surface area contributed by atoms with Gasteiger partial charge in [0.1, 0.15) is 11.5 Å². The molecule has 0 spiro atoms. The van der Waals surface area contributed by atoms with Crippen molar-refractivity contribution in [1.82, 2.24) is 9.78 Å². The van der Waals surface area contributed by atoms with Crippen LogP contribution in [-0.4, -0.2) is 16.1 Å². The molecule has 1 aromatic heterocycles. The number of aromatic nitrogens is 2. The first kappa shape index (κ1) is 11.9. The Balaban J connectivity index is 2.29. The molecule has 0 saturated carbocycles. The minimum absolute atomic E-state index is 0.320. The van der Waals surface area contributed by atoms with Crippen molar-refractivity contribution in [3.63, 3.8) is 0 Å². The van der Waals surface area contributed by atoms with E-state index in [4.69, 9.17) is 11.6 Å². The molecule has 19 heavy (non-hydrogen) atoms. The van der Waals surface area contributed by atoms with Crippen LogP contribution in [0.2, 0.25) is 5.02 Å². The van der Waals surface area contributed by atoms with Gasteiger partial charge in [0, 0.05) is 10.9 Å². The molecule has 3 aromatic rings. The van der Waals surface area contributed by atoms with Gasteiger partial charge in [0.2, 0.25) is 0 Å². The largest absolute Gasteiger partial charge is 0.298 e. The Morgan fingerprint density at radius 2 is 2.05 bits per heavy atom. The predicted octanol–water partition coefficient (Wildman–Crippen LogP) is 3.63. The van der Waals surface area contributed by atoms with E-state index in [0.29, 0.717) is 28.1 Å². The summed E-state index contributed by atoms with van der Waals surface area (Å²) in [6, 6.07) is 9.58. The molecule has 5 heteroatoms. The minimum atomic E-state index is -0.372. The highest BCUT2D eigenvalue weighted by Crippen LogP contribution is 2.25. The van der Waals surface area contributed by atoms with Crippen molar-refractivity contribution in [2.24, 2.45) is 0 Å². The molecule has 94 valence electrons. The predicted molar refractivity (Wildman–Crippen MR) is 71.4 cm³/mol. The zero-order valence-corrected chi connectivity index (χ0v) is 10.4. The molecule has 2 aromatic carbocycles. The van der Waals surface area contributed by atoms with Crippen molar-refractivity contribution in [2.45, 2.75) is 0 Å². The number of carbonyl (C=O) groups is 1. The average molecular weight is 275 g/mol. The third-order valence-electron chi connectivity index (χ3n) is 2.89. The van der Waals surface area contributed by atoms with Crippen molar-refractivity contribution in [1.29, 1.82) is 0 Å². The Morgan fingerprint density at radius 1 is 1.26 bits per heavy atom. The Bertz CT molecular complexity index is 782. The summed E-state index contributed by atoms with van der Waals surface area (Å²) in [5.74, 6) is -0.372. The van der Waals surface area contributed by atoms with Crippen LogP contribution in [0.1, 0.15) is 10.4 Å². The summed E-state index contributed by atoms with van der Waals surface area (Å²) in [5.41, 5.74) is 1.38. The van der Waals surface area contributed by atoms with E-state index in [1.165, 1.54) is 10.7 Å². The van der Waals surface area contributed by atoms with Crippen LogP contribution in [0.15, 0.2) is 42.6 Å².